The number of hydrogen-bond acceptors (Lipinski definition) is 8. The molecule has 0 aromatic carbocycles. The van der Waals surface area contributed by atoms with E-state index in [0.717, 1.165) is 96.3 Å². The van der Waals surface area contributed by atoms with Crippen molar-refractivity contribution < 1.29 is 42.7 Å². The molecule has 0 rings (SSSR count). The number of carbonyl (C=O) groups excluding carboxylic acids is 1. The van der Waals surface area contributed by atoms with Crippen LogP contribution in [0.3, 0.4) is 0 Å². The Bertz CT molecular complexity index is 1290. The van der Waals surface area contributed by atoms with E-state index in [1.807, 2.05) is 0 Å². The van der Waals surface area contributed by atoms with Crippen LogP contribution in [0.15, 0.2) is 85.1 Å². The molecule has 0 aliphatic carbocycles. The van der Waals surface area contributed by atoms with Gasteiger partial charge in [-0.2, -0.15) is 0 Å². The molecular formula is C50H86NO9P. The van der Waals surface area contributed by atoms with Crippen LogP contribution in [0.5, 0.6) is 0 Å². The number of phosphoric ester groups is 1. The Morgan fingerprint density at radius 2 is 0.951 bits per heavy atom. The zero-order valence-corrected chi connectivity index (χ0v) is 39.1. The second kappa shape index (κ2) is 45.2. The Balaban J connectivity index is 4.22. The van der Waals surface area contributed by atoms with Crippen LogP contribution in [0, 0.1) is 0 Å². The Morgan fingerprint density at radius 1 is 0.541 bits per heavy atom. The summed E-state index contributed by atoms with van der Waals surface area (Å²) in [5, 5.41) is 8.91. The van der Waals surface area contributed by atoms with E-state index in [1.54, 1.807) is 0 Å². The Kier molecular flexibility index (Phi) is 43.1. The van der Waals surface area contributed by atoms with Crippen molar-refractivity contribution in [3.8, 4) is 0 Å². The van der Waals surface area contributed by atoms with Gasteiger partial charge in [-0.3, -0.25) is 18.6 Å². The van der Waals surface area contributed by atoms with E-state index >= 15 is 0 Å². The number of esters is 1. The molecule has 3 atom stereocenters. The summed E-state index contributed by atoms with van der Waals surface area (Å²) >= 11 is 0. The standard InChI is InChI=1S/C50H86NO9P/c1-3-5-7-9-11-13-15-17-19-20-21-22-23-24-25-26-27-29-31-33-35-37-39-41-43-57-44-47(45-58-61(55,56)59-46-48(51)50(53)54)60-49(52)42-40-38-36-34-32-30-28-18-16-14-12-10-8-6-4-2/h5,7,11-14,17-19,21-22,24-25,28,47-48H,3-4,6,8-10,15-16,20,23,26-27,29-46,51H2,1-2H3,(H,53,54)(H,55,56)/b7-5-,13-11-,14-12-,19-17-,22-21-,25-24-,28-18-. The fourth-order valence-corrected chi connectivity index (χ4v) is 6.79. The number of aliphatic carboxylic acids is 1. The van der Waals surface area contributed by atoms with Crippen molar-refractivity contribution in [2.45, 2.75) is 193 Å². The number of hydrogen-bond donors (Lipinski definition) is 3. The van der Waals surface area contributed by atoms with Crippen LogP contribution in [-0.4, -0.2) is 60.5 Å². The van der Waals surface area contributed by atoms with Crippen LogP contribution in [0.25, 0.3) is 0 Å². The zero-order valence-electron chi connectivity index (χ0n) is 38.2. The summed E-state index contributed by atoms with van der Waals surface area (Å²) in [5.41, 5.74) is 5.36. The summed E-state index contributed by atoms with van der Waals surface area (Å²) in [4.78, 5) is 33.6. The van der Waals surface area contributed by atoms with Crippen LogP contribution < -0.4 is 5.73 Å². The maximum absolute atomic E-state index is 12.6. The summed E-state index contributed by atoms with van der Waals surface area (Å²) in [6, 6.07) is -1.48. The van der Waals surface area contributed by atoms with E-state index in [4.69, 9.17) is 29.4 Å². The molecule has 0 bridgehead atoms. The number of ether oxygens (including phenoxy) is 2. The van der Waals surface area contributed by atoms with E-state index in [-0.39, 0.29) is 13.0 Å². The minimum Gasteiger partial charge on any atom is -0.480 e. The number of nitrogens with two attached hydrogens (primary N) is 1. The van der Waals surface area contributed by atoms with Gasteiger partial charge in [0.2, 0.25) is 0 Å². The van der Waals surface area contributed by atoms with Gasteiger partial charge in [0.1, 0.15) is 12.1 Å². The summed E-state index contributed by atoms with van der Waals surface area (Å²) < 4.78 is 33.4. The molecule has 0 radical (unpaired) electrons. The summed E-state index contributed by atoms with van der Waals surface area (Å²) in [6.07, 6.45) is 57.8. The second-order valence-corrected chi connectivity index (χ2v) is 17.0. The van der Waals surface area contributed by atoms with E-state index in [0.29, 0.717) is 13.0 Å². The lowest BCUT2D eigenvalue weighted by Gasteiger charge is -2.20. The monoisotopic (exact) mass is 876 g/mol. The lowest BCUT2D eigenvalue weighted by Crippen LogP contribution is -2.34. The molecule has 0 aliphatic heterocycles. The van der Waals surface area contributed by atoms with Crippen molar-refractivity contribution in [2.24, 2.45) is 5.73 Å². The molecule has 0 aromatic heterocycles. The molecule has 10 nitrogen and oxygen atoms in total. The van der Waals surface area contributed by atoms with E-state index < -0.39 is 45.1 Å². The SMILES string of the molecule is CC/C=C\C/C=C\C/C=C\C/C=C\C/C=C\CCCCCCCCCCOCC(COP(=O)(O)OCC(N)C(=O)O)OC(=O)CCCCCCC/C=C\C/C=C\CCCCC. The molecule has 0 aliphatic rings. The molecule has 0 heterocycles. The fraction of sp³-hybridized carbons (Fsp3) is 0.680. The maximum atomic E-state index is 12.6. The molecule has 4 N–H and O–H groups in total. The van der Waals surface area contributed by atoms with Gasteiger partial charge in [0.15, 0.2) is 0 Å². The highest BCUT2D eigenvalue weighted by Crippen LogP contribution is 2.43. The molecule has 3 unspecified atom stereocenters. The minimum absolute atomic E-state index is 0.000431. The lowest BCUT2D eigenvalue weighted by molar-refractivity contribution is -0.154. The fourth-order valence-electron chi connectivity index (χ4n) is 6.01. The first-order valence-electron chi connectivity index (χ1n) is 23.6. The summed E-state index contributed by atoms with van der Waals surface area (Å²) in [6.45, 7) is 3.69. The largest absolute Gasteiger partial charge is 0.480 e. The van der Waals surface area contributed by atoms with Gasteiger partial charge >= 0.3 is 19.8 Å². The van der Waals surface area contributed by atoms with Gasteiger partial charge in [-0.25, -0.2) is 4.57 Å². The quantitative estimate of drug-likeness (QED) is 0.0233. The number of carboxylic acid groups (broad SMARTS) is 1. The van der Waals surface area contributed by atoms with Crippen LogP contribution in [0.2, 0.25) is 0 Å². The molecule has 0 saturated carbocycles. The number of carboxylic acids is 1. The van der Waals surface area contributed by atoms with Gasteiger partial charge in [0.05, 0.1) is 19.8 Å². The van der Waals surface area contributed by atoms with Crippen LogP contribution in [0.4, 0.5) is 0 Å². The lowest BCUT2D eigenvalue weighted by atomic mass is 10.1. The van der Waals surface area contributed by atoms with Crippen molar-refractivity contribution in [3.05, 3.63) is 85.1 Å². The number of allylic oxidation sites excluding steroid dienone is 14. The maximum Gasteiger partial charge on any atom is 0.472 e. The zero-order chi connectivity index (χ0) is 44.8. The van der Waals surface area contributed by atoms with Crippen molar-refractivity contribution >= 4 is 19.8 Å². The second-order valence-electron chi connectivity index (χ2n) is 15.5. The van der Waals surface area contributed by atoms with Crippen molar-refractivity contribution in [1.82, 2.24) is 0 Å². The Labute approximate surface area is 371 Å². The molecular weight excluding hydrogens is 790 g/mol. The van der Waals surface area contributed by atoms with Gasteiger partial charge in [-0.05, 0) is 89.9 Å². The minimum atomic E-state index is -4.63. The highest BCUT2D eigenvalue weighted by atomic mass is 31.2. The van der Waals surface area contributed by atoms with Gasteiger partial charge in [0, 0.05) is 13.0 Å². The topological polar surface area (TPSA) is 155 Å². The number of unbranched alkanes of at least 4 members (excludes halogenated alkanes) is 16. The van der Waals surface area contributed by atoms with Crippen LogP contribution in [0.1, 0.15) is 181 Å². The van der Waals surface area contributed by atoms with Crippen LogP contribution >= 0.6 is 7.82 Å². The molecule has 11 heteroatoms. The highest BCUT2D eigenvalue weighted by molar-refractivity contribution is 7.47. The first-order valence-corrected chi connectivity index (χ1v) is 25.1. The first-order chi connectivity index (χ1) is 29.7. The van der Waals surface area contributed by atoms with Crippen molar-refractivity contribution in [2.75, 3.05) is 26.4 Å². The third-order valence-corrected chi connectivity index (χ3v) is 10.6. The first kappa shape index (κ1) is 58.1. The van der Waals surface area contributed by atoms with Crippen molar-refractivity contribution in [1.29, 1.82) is 0 Å². The predicted molar refractivity (Wildman–Crippen MR) is 253 cm³/mol. The summed E-state index contributed by atoms with van der Waals surface area (Å²) in [5.74, 6) is -1.80. The average Bonchev–Trinajstić information content (AvgIpc) is 3.24. The van der Waals surface area contributed by atoms with Crippen LogP contribution in [-0.2, 0) is 32.7 Å². The molecule has 61 heavy (non-hydrogen) atoms. The number of phosphoric acid groups is 1. The number of carbonyl (C=O) groups is 2. The Hall–Kier alpha value is -2.85. The van der Waals surface area contributed by atoms with E-state index in [9.17, 15) is 19.0 Å². The summed E-state index contributed by atoms with van der Waals surface area (Å²) in [7, 11) is -4.63. The van der Waals surface area contributed by atoms with Gasteiger partial charge in [0.25, 0.3) is 0 Å². The van der Waals surface area contributed by atoms with Gasteiger partial charge < -0.3 is 25.2 Å². The average molecular weight is 876 g/mol. The smallest absolute Gasteiger partial charge is 0.472 e. The van der Waals surface area contributed by atoms with Crippen molar-refractivity contribution in [3.63, 3.8) is 0 Å². The van der Waals surface area contributed by atoms with Gasteiger partial charge in [-0.15, -0.1) is 0 Å². The molecule has 0 amide bonds. The highest BCUT2D eigenvalue weighted by Gasteiger charge is 2.27. The molecule has 0 fully saturated rings. The molecule has 0 spiro atoms. The normalized spacial score (nSPS) is 14.6. The Morgan fingerprint density at radius 3 is 1.43 bits per heavy atom. The predicted octanol–water partition coefficient (Wildman–Crippen LogP) is 13.5. The molecule has 0 aromatic rings. The van der Waals surface area contributed by atoms with E-state index in [1.165, 1.54) is 57.8 Å². The third-order valence-electron chi connectivity index (χ3n) is 9.66. The van der Waals surface area contributed by atoms with E-state index in [2.05, 4.69) is 98.9 Å². The molecule has 0 saturated heterocycles. The third kappa shape index (κ3) is 45.0. The number of rotatable bonds is 44. The molecule has 350 valence electrons. The van der Waals surface area contributed by atoms with Gasteiger partial charge in [-0.1, -0.05) is 170 Å².